The third-order valence-electron chi connectivity index (χ3n) is 2.38. The van der Waals surface area contributed by atoms with E-state index in [1.165, 1.54) is 0 Å². The van der Waals surface area contributed by atoms with E-state index in [4.69, 9.17) is 15.5 Å². The van der Waals surface area contributed by atoms with Crippen molar-refractivity contribution in [3.05, 3.63) is 35.9 Å². The second-order valence-electron chi connectivity index (χ2n) is 3.43. The molecule has 0 saturated carbocycles. The van der Waals surface area contributed by atoms with Gasteiger partial charge in [0.05, 0.1) is 19.3 Å². The molecule has 4 heteroatoms. The van der Waals surface area contributed by atoms with Crippen LogP contribution >= 0.6 is 0 Å². The molecule has 0 aliphatic rings. The fourth-order valence-electron chi connectivity index (χ4n) is 1.63. The summed E-state index contributed by atoms with van der Waals surface area (Å²) in [5, 5.41) is 27.0. The van der Waals surface area contributed by atoms with Crippen molar-refractivity contribution in [2.75, 3.05) is 26.3 Å². The molecule has 0 spiro atoms. The van der Waals surface area contributed by atoms with Gasteiger partial charge in [-0.15, -0.1) is 0 Å². The van der Waals surface area contributed by atoms with Crippen molar-refractivity contribution >= 4 is 0 Å². The van der Waals surface area contributed by atoms with E-state index in [0.717, 1.165) is 5.56 Å². The molecule has 1 aromatic rings. The first kappa shape index (κ1) is 12.7. The third kappa shape index (κ3) is 3.31. The van der Waals surface area contributed by atoms with Crippen molar-refractivity contribution in [1.29, 1.82) is 5.26 Å². The van der Waals surface area contributed by atoms with Gasteiger partial charge in [-0.3, -0.25) is 4.90 Å². The Balaban J connectivity index is 2.83. The first-order valence-corrected chi connectivity index (χ1v) is 5.23. The Morgan fingerprint density at radius 1 is 1.12 bits per heavy atom. The van der Waals surface area contributed by atoms with Crippen LogP contribution in [0.5, 0.6) is 0 Å². The smallest absolute Gasteiger partial charge is 0.124 e. The lowest BCUT2D eigenvalue weighted by Gasteiger charge is -2.25. The molecular weight excluding hydrogens is 204 g/mol. The number of nitriles is 1. The van der Waals surface area contributed by atoms with Crippen LogP contribution in [0, 0.1) is 11.3 Å². The van der Waals surface area contributed by atoms with Crippen LogP contribution in [-0.4, -0.2) is 41.4 Å². The van der Waals surface area contributed by atoms with E-state index in [9.17, 15) is 0 Å². The zero-order valence-corrected chi connectivity index (χ0v) is 9.08. The maximum absolute atomic E-state index is 9.15. The summed E-state index contributed by atoms with van der Waals surface area (Å²) in [7, 11) is 0. The first-order chi connectivity index (χ1) is 7.83. The van der Waals surface area contributed by atoms with Crippen LogP contribution < -0.4 is 0 Å². The van der Waals surface area contributed by atoms with Crippen LogP contribution in [0.2, 0.25) is 0 Å². The average Bonchev–Trinajstić information content (AvgIpc) is 2.32. The molecule has 0 heterocycles. The highest BCUT2D eigenvalue weighted by Crippen LogP contribution is 2.18. The average molecular weight is 220 g/mol. The molecule has 1 atom stereocenters. The van der Waals surface area contributed by atoms with Crippen LogP contribution in [0.4, 0.5) is 0 Å². The van der Waals surface area contributed by atoms with Crippen molar-refractivity contribution in [2.24, 2.45) is 0 Å². The number of benzene rings is 1. The molecule has 16 heavy (non-hydrogen) atoms. The van der Waals surface area contributed by atoms with Crippen molar-refractivity contribution < 1.29 is 10.2 Å². The molecule has 0 fully saturated rings. The quantitative estimate of drug-likeness (QED) is 0.734. The molecule has 0 aliphatic heterocycles. The van der Waals surface area contributed by atoms with Gasteiger partial charge in [-0.2, -0.15) is 5.26 Å². The van der Waals surface area contributed by atoms with Gasteiger partial charge >= 0.3 is 0 Å². The summed E-state index contributed by atoms with van der Waals surface area (Å²) in [6.07, 6.45) is 0. The number of nitrogens with zero attached hydrogens (tertiary/aromatic N) is 2. The maximum Gasteiger partial charge on any atom is 0.124 e. The Morgan fingerprint density at radius 3 is 2.12 bits per heavy atom. The number of aliphatic hydroxyl groups is 2. The van der Waals surface area contributed by atoms with Crippen molar-refractivity contribution in [2.45, 2.75) is 6.04 Å². The summed E-state index contributed by atoms with van der Waals surface area (Å²) in [5.74, 6) is 0. The predicted octanol–water partition coefficient (Wildman–Crippen LogP) is 0.538. The Morgan fingerprint density at radius 2 is 1.69 bits per heavy atom. The van der Waals surface area contributed by atoms with Gasteiger partial charge in [0.2, 0.25) is 0 Å². The Hall–Kier alpha value is -1.41. The molecule has 1 rings (SSSR count). The van der Waals surface area contributed by atoms with Crippen LogP contribution in [-0.2, 0) is 0 Å². The standard InChI is InChI=1S/C12H16N2O2/c13-10-12(11-4-2-1-3-5-11)14(6-8-15)7-9-16/h1-5,12,15-16H,6-9H2/t12-/m1/s1. The molecule has 0 saturated heterocycles. The van der Waals surface area contributed by atoms with Crippen LogP contribution in [0.15, 0.2) is 30.3 Å². The SMILES string of the molecule is N#C[C@H](c1ccccc1)N(CCO)CCO. The third-order valence-corrected chi connectivity index (χ3v) is 2.38. The second kappa shape index (κ2) is 6.96. The minimum absolute atomic E-state index is 0.0228. The van der Waals surface area contributed by atoms with Crippen molar-refractivity contribution in [1.82, 2.24) is 4.90 Å². The molecule has 0 bridgehead atoms. The zero-order valence-electron chi connectivity index (χ0n) is 9.08. The molecule has 0 aromatic heterocycles. The van der Waals surface area contributed by atoms with Gasteiger partial charge < -0.3 is 10.2 Å². The van der Waals surface area contributed by atoms with Crippen molar-refractivity contribution in [3.8, 4) is 6.07 Å². The lowest BCUT2D eigenvalue weighted by atomic mass is 10.1. The van der Waals surface area contributed by atoms with Gasteiger partial charge in [-0.1, -0.05) is 30.3 Å². The minimum Gasteiger partial charge on any atom is -0.395 e. The first-order valence-electron chi connectivity index (χ1n) is 5.23. The number of hydrogen-bond acceptors (Lipinski definition) is 4. The van der Waals surface area contributed by atoms with Crippen LogP contribution in [0.25, 0.3) is 0 Å². The summed E-state index contributed by atoms with van der Waals surface area (Å²) in [6, 6.07) is 11.1. The van der Waals surface area contributed by atoms with E-state index in [1.54, 1.807) is 4.90 Å². The number of rotatable bonds is 6. The fourth-order valence-corrected chi connectivity index (χ4v) is 1.63. The lowest BCUT2D eigenvalue weighted by Crippen LogP contribution is -2.33. The number of aliphatic hydroxyl groups excluding tert-OH is 2. The fraction of sp³-hybridized carbons (Fsp3) is 0.417. The minimum atomic E-state index is -0.416. The molecule has 86 valence electrons. The molecule has 0 unspecified atom stereocenters. The largest absolute Gasteiger partial charge is 0.395 e. The van der Waals surface area contributed by atoms with Gasteiger partial charge in [-0.25, -0.2) is 0 Å². The lowest BCUT2D eigenvalue weighted by molar-refractivity contribution is 0.142. The summed E-state index contributed by atoms with van der Waals surface area (Å²) in [4.78, 5) is 1.76. The highest BCUT2D eigenvalue weighted by molar-refractivity contribution is 5.24. The highest BCUT2D eigenvalue weighted by Gasteiger charge is 2.18. The van der Waals surface area contributed by atoms with Gasteiger partial charge in [-0.05, 0) is 5.56 Å². The van der Waals surface area contributed by atoms with Gasteiger partial charge in [0.1, 0.15) is 6.04 Å². The van der Waals surface area contributed by atoms with Gasteiger partial charge in [0.15, 0.2) is 0 Å². The molecule has 2 N–H and O–H groups in total. The second-order valence-corrected chi connectivity index (χ2v) is 3.43. The normalized spacial score (nSPS) is 12.4. The summed E-state index contributed by atoms with van der Waals surface area (Å²) < 4.78 is 0. The van der Waals surface area contributed by atoms with E-state index in [1.807, 2.05) is 30.3 Å². The van der Waals surface area contributed by atoms with E-state index in [-0.39, 0.29) is 13.2 Å². The van der Waals surface area contributed by atoms with E-state index < -0.39 is 6.04 Å². The summed E-state index contributed by atoms with van der Waals surface area (Å²) >= 11 is 0. The van der Waals surface area contributed by atoms with Gasteiger partial charge in [0.25, 0.3) is 0 Å². The highest BCUT2D eigenvalue weighted by atomic mass is 16.3. The molecule has 1 aromatic carbocycles. The summed E-state index contributed by atoms with van der Waals surface area (Å²) in [5.41, 5.74) is 0.881. The summed E-state index contributed by atoms with van der Waals surface area (Å²) in [6.45, 7) is 0.720. The van der Waals surface area contributed by atoms with E-state index >= 15 is 0 Å². The van der Waals surface area contributed by atoms with Crippen molar-refractivity contribution in [3.63, 3.8) is 0 Å². The molecule has 0 aliphatic carbocycles. The van der Waals surface area contributed by atoms with Crippen LogP contribution in [0.3, 0.4) is 0 Å². The topological polar surface area (TPSA) is 67.5 Å². The molecule has 4 nitrogen and oxygen atoms in total. The maximum atomic E-state index is 9.15. The van der Waals surface area contributed by atoms with E-state index in [2.05, 4.69) is 6.07 Å². The zero-order chi connectivity index (χ0) is 11.8. The molecule has 0 amide bonds. The molecular formula is C12H16N2O2. The Bertz CT molecular complexity index is 329. The number of hydrogen-bond donors (Lipinski definition) is 2. The Kier molecular flexibility index (Phi) is 5.51. The molecule has 0 radical (unpaired) electrons. The predicted molar refractivity (Wildman–Crippen MR) is 60.5 cm³/mol. The van der Waals surface area contributed by atoms with E-state index in [0.29, 0.717) is 13.1 Å². The van der Waals surface area contributed by atoms with Gasteiger partial charge in [0, 0.05) is 13.1 Å². The monoisotopic (exact) mass is 220 g/mol. The Labute approximate surface area is 95.4 Å². The van der Waals surface area contributed by atoms with Crippen LogP contribution in [0.1, 0.15) is 11.6 Å².